The van der Waals surface area contributed by atoms with Crippen molar-refractivity contribution in [2.75, 3.05) is 22.1 Å². The third-order valence-electron chi connectivity index (χ3n) is 4.60. The van der Waals surface area contributed by atoms with E-state index in [4.69, 9.17) is 4.74 Å². The van der Waals surface area contributed by atoms with Crippen LogP contribution in [-0.2, 0) is 20.9 Å². The van der Waals surface area contributed by atoms with Crippen molar-refractivity contribution in [3.05, 3.63) is 58.9 Å². The number of nitrogens with zero attached hydrogens (tertiary/aromatic N) is 2. The molecule has 2 aromatic rings. The summed E-state index contributed by atoms with van der Waals surface area (Å²) < 4.78 is 17.9. The van der Waals surface area contributed by atoms with E-state index < -0.39 is 17.9 Å². The zero-order chi connectivity index (χ0) is 21.8. The molecule has 0 atom stereocenters. The summed E-state index contributed by atoms with van der Waals surface area (Å²) in [5, 5.41) is 5.57. The van der Waals surface area contributed by atoms with Gasteiger partial charge in [0.2, 0.25) is 0 Å². The van der Waals surface area contributed by atoms with Crippen LogP contribution < -0.4 is 15.5 Å². The predicted molar refractivity (Wildman–Crippen MR) is 109 cm³/mol. The summed E-state index contributed by atoms with van der Waals surface area (Å²) in [4.78, 5) is 42.4. The fourth-order valence-electron chi connectivity index (χ4n) is 2.83. The third-order valence-corrected chi connectivity index (χ3v) is 4.60. The number of amides is 3. The Bertz CT molecular complexity index is 1010. The van der Waals surface area contributed by atoms with Crippen LogP contribution in [0, 0.1) is 5.82 Å². The second kappa shape index (κ2) is 8.73. The Hall–Kier alpha value is -3.75. The fourth-order valence-corrected chi connectivity index (χ4v) is 2.83. The summed E-state index contributed by atoms with van der Waals surface area (Å²) in [6.07, 6.45) is -0.729. The number of hydrogen-bond acceptors (Lipinski definition) is 6. The highest BCUT2D eigenvalue weighted by atomic mass is 19.1. The normalized spacial score (nSPS) is 13.7. The molecule has 0 unspecified atom stereocenters. The largest absolute Gasteiger partial charge is 0.450 e. The van der Waals surface area contributed by atoms with Crippen molar-refractivity contribution in [1.82, 2.24) is 4.98 Å². The van der Waals surface area contributed by atoms with Crippen LogP contribution in [0.2, 0.25) is 0 Å². The van der Waals surface area contributed by atoms with Crippen LogP contribution in [0.4, 0.5) is 26.5 Å². The first-order valence-electron chi connectivity index (χ1n) is 9.31. The topological polar surface area (TPSA) is 101 Å². The van der Waals surface area contributed by atoms with Gasteiger partial charge in [0.05, 0.1) is 12.3 Å². The summed E-state index contributed by atoms with van der Waals surface area (Å²) >= 11 is 0. The summed E-state index contributed by atoms with van der Waals surface area (Å²) in [6, 6.07) is 9.07. The van der Waals surface area contributed by atoms with Crippen molar-refractivity contribution in [1.29, 1.82) is 0 Å². The first kappa shape index (κ1) is 21.0. The minimum absolute atomic E-state index is 0.0154. The van der Waals surface area contributed by atoms with Gasteiger partial charge in [-0.25, -0.2) is 19.1 Å². The van der Waals surface area contributed by atoms with Crippen molar-refractivity contribution < 1.29 is 23.5 Å². The van der Waals surface area contributed by atoms with Gasteiger partial charge in [0, 0.05) is 17.7 Å². The summed E-state index contributed by atoms with van der Waals surface area (Å²) in [6.45, 7) is 5.28. The van der Waals surface area contributed by atoms with Crippen LogP contribution in [0.25, 0.3) is 0 Å². The predicted octanol–water partition coefficient (Wildman–Crippen LogP) is 3.61. The van der Waals surface area contributed by atoms with Gasteiger partial charge in [-0.3, -0.25) is 14.9 Å². The summed E-state index contributed by atoms with van der Waals surface area (Å²) in [5.41, 5.74) is 1.60. The number of halogens is 1. The lowest BCUT2D eigenvalue weighted by molar-refractivity contribution is -0.120. The highest BCUT2D eigenvalue weighted by molar-refractivity contribution is 6.33. The molecular formula is C21H21FN4O4. The van der Waals surface area contributed by atoms with E-state index in [9.17, 15) is 18.8 Å². The lowest BCUT2D eigenvalue weighted by Crippen LogP contribution is -2.33. The van der Waals surface area contributed by atoms with Gasteiger partial charge in [-0.1, -0.05) is 12.1 Å². The van der Waals surface area contributed by atoms with Gasteiger partial charge >= 0.3 is 6.09 Å². The maximum atomic E-state index is 13.1. The maximum Gasteiger partial charge on any atom is 0.411 e. The molecule has 1 aromatic heterocycles. The van der Waals surface area contributed by atoms with E-state index in [-0.39, 0.29) is 23.9 Å². The molecule has 0 saturated heterocycles. The van der Waals surface area contributed by atoms with Crippen molar-refractivity contribution in [3.8, 4) is 0 Å². The van der Waals surface area contributed by atoms with E-state index in [0.717, 1.165) is 10.5 Å². The average molecular weight is 412 g/mol. The molecule has 30 heavy (non-hydrogen) atoms. The molecule has 2 heterocycles. The highest BCUT2D eigenvalue weighted by Gasteiger charge is 2.37. The molecule has 2 N–H and O–H groups in total. The number of pyridine rings is 1. The molecule has 0 spiro atoms. The van der Waals surface area contributed by atoms with E-state index >= 15 is 0 Å². The number of benzene rings is 1. The van der Waals surface area contributed by atoms with E-state index in [1.807, 2.05) is 0 Å². The Morgan fingerprint density at radius 1 is 1.07 bits per heavy atom. The van der Waals surface area contributed by atoms with Gasteiger partial charge in [-0.05, 0) is 50.6 Å². The minimum Gasteiger partial charge on any atom is -0.450 e. The number of rotatable bonds is 6. The van der Waals surface area contributed by atoms with Gasteiger partial charge in [0.1, 0.15) is 11.6 Å². The van der Waals surface area contributed by atoms with Crippen molar-refractivity contribution in [2.24, 2.45) is 0 Å². The standard InChI is InChI=1S/C21H21FN4O4/c1-4-30-21(29)24-16-9-10-17(23-11-14-5-7-15(22)8-6-14)25-18(16)26-19(27)12(2)13(3)20(26)28/h5-10H,4,11H2,1-3H3,(H,23,25)(H,24,29). The molecular weight excluding hydrogens is 391 g/mol. The van der Waals surface area contributed by atoms with E-state index in [2.05, 4.69) is 15.6 Å². The van der Waals surface area contributed by atoms with Crippen LogP contribution in [0.15, 0.2) is 47.5 Å². The lowest BCUT2D eigenvalue weighted by atomic mass is 10.2. The van der Waals surface area contributed by atoms with Crippen LogP contribution in [-0.4, -0.2) is 29.5 Å². The van der Waals surface area contributed by atoms with Gasteiger partial charge < -0.3 is 10.1 Å². The average Bonchev–Trinajstić information content (AvgIpc) is 2.91. The Labute approximate surface area is 172 Å². The smallest absolute Gasteiger partial charge is 0.411 e. The second-order valence-corrected chi connectivity index (χ2v) is 6.59. The van der Waals surface area contributed by atoms with Gasteiger partial charge in [-0.2, -0.15) is 0 Å². The number of nitrogens with one attached hydrogen (secondary N) is 2. The molecule has 0 radical (unpaired) electrons. The van der Waals surface area contributed by atoms with Gasteiger partial charge in [0.15, 0.2) is 5.82 Å². The quantitative estimate of drug-likeness (QED) is 0.703. The summed E-state index contributed by atoms with van der Waals surface area (Å²) in [5.74, 6) is -0.997. The zero-order valence-corrected chi connectivity index (χ0v) is 16.8. The van der Waals surface area contributed by atoms with Gasteiger partial charge in [0.25, 0.3) is 11.8 Å². The Morgan fingerprint density at radius 3 is 2.30 bits per heavy atom. The monoisotopic (exact) mass is 412 g/mol. The molecule has 8 nitrogen and oxygen atoms in total. The molecule has 0 fully saturated rings. The number of ether oxygens (including phenoxy) is 1. The van der Waals surface area contributed by atoms with Crippen LogP contribution in [0.1, 0.15) is 26.3 Å². The second-order valence-electron chi connectivity index (χ2n) is 6.59. The number of hydrogen-bond donors (Lipinski definition) is 2. The molecule has 9 heteroatoms. The zero-order valence-electron chi connectivity index (χ0n) is 16.8. The molecule has 3 rings (SSSR count). The maximum absolute atomic E-state index is 13.1. The molecule has 0 bridgehead atoms. The highest BCUT2D eigenvalue weighted by Crippen LogP contribution is 2.32. The number of imide groups is 1. The third kappa shape index (κ3) is 4.29. The van der Waals surface area contributed by atoms with E-state index in [1.165, 1.54) is 18.2 Å². The number of carbonyl (C=O) groups excluding carboxylic acids is 3. The number of aromatic nitrogens is 1. The van der Waals surface area contributed by atoms with Crippen LogP contribution in [0.3, 0.4) is 0 Å². The molecule has 1 aliphatic rings. The van der Waals surface area contributed by atoms with Crippen molar-refractivity contribution >= 4 is 35.2 Å². The molecule has 1 aromatic carbocycles. The van der Waals surface area contributed by atoms with Crippen molar-refractivity contribution in [2.45, 2.75) is 27.3 Å². The van der Waals surface area contributed by atoms with Crippen LogP contribution >= 0.6 is 0 Å². The van der Waals surface area contributed by atoms with E-state index in [1.54, 1.807) is 39.0 Å². The first-order chi connectivity index (χ1) is 14.3. The summed E-state index contributed by atoms with van der Waals surface area (Å²) in [7, 11) is 0. The number of anilines is 3. The Morgan fingerprint density at radius 2 is 1.70 bits per heavy atom. The Balaban J connectivity index is 1.91. The number of carbonyl (C=O) groups is 3. The lowest BCUT2D eigenvalue weighted by Gasteiger charge is -2.19. The molecule has 0 saturated carbocycles. The van der Waals surface area contributed by atoms with Crippen LogP contribution in [0.5, 0.6) is 0 Å². The molecule has 3 amide bonds. The molecule has 0 aliphatic carbocycles. The Kier molecular flexibility index (Phi) is 6.10. The van der Waals surface area contributed by atoms with E-state index in [0.29, 0.717) is 23.5 Å². The SMILES string of the molecule is CCOC(=O)Nc1ccc(NCc2ccc(F)cc2)nc1N1C(=O)C(C)=C(C)C1=O. The van der Waals surface area contributed by atoms with Crippen molar-refractivity contribution in [3.63, 3.8) is 0 Å². The fraction of sp³-hybridized carbons (Fsp3) is 0.238. The van der Waals surface area contributed by atoms with Gasteiger partial charge in [-0.15, -0.1) is 0 Å². The molecule has 1 aliphatic heterocycles. The molecule has 156 valence electrons. The minimum atomic E-state index is -0.729. The first-order valence-corrected chi connectivity index (χ1v) is 9.31.